The van der Waals surface area contributed by atoms with E-state index >= 15 is 0 Å². The Morgan fingerprint density at radius 2 is 2.21 bits per heavy atom. The maximum absolute atomic E-state index is 13.7. The first kappa shape index (κ1) is 8.20. The number of amides is 3. The van der Waals surface area contributed by atoms with Crippen LogP contribution in [0.1, 0.15) is 13.3 Å². The lowest BCUT2D eigenvalue weighted by Gasteiger charge is -2.26. The van der Waals surface area contributed by atoms with Crippen LogP contribution in [0.2, 0.25) is 0 Å². The molecule has 4 nitrogen and oxygen atoms in total. The number of nitrogens with one attached hydrogen (secondary N) is 2. The van der Waals surface area contributed by atoms with E-state index in [4.69, 9.17) is 0 Å². The number of rotatable bonds is 0. The van der Waals surface area contributed by atoms with E-state index in [1.807, 2.05) is 6.92 Å². The molecule has 5 heteroatoms. The SMILES string of the molecule is C[C@H]1[C@@H]2C[C@H](F)[C@]3(NC(=O)NC3=O)[C@H]12. The quantitative estimate of drug-likeness (QED) is 0.546. The van der Waals surface area contributed by atoms with Crippen LogP contribution in [0.25, 0.3) is 0 Å². The van der Waals surface area contributed by atoms with E-state index in [-0.39, 0.29) is 11.8 Å². The van der Waals surface area contributed by atoms with E-state index < -0.39 is 23.6 Å². The van der Waals surface area contributed by atoms with Gasteiger partial charge in [-0.15, -0.1) is 0 Å². The standard InChI is InChI=1S/C9H11FN2O2/c1-3-4-2-5(10)9(6(3)4)7(13)11-8(14)12-9/h3-6H,2H2,1H3,(H2,11,12,13,14)/t3-,4-,5-,6+,9-/m0/s1. The second kappa shape index (κ2) is 2.10. The van der Waals surface area contributed by atoms with Gasteiger partial charge in [0.2, 0.25) is 0 Å². The zero-order chi connectivity index (χ0) is 10.1. The molecule has 0 bridgehead atoms. The highest BCUT2D eigenvalue weighted by atomic mass is 19.1. The van der Waals surface area contributed by atoms with Crippen LogP contribution in [-0.4, -0.2) is 23.6 Å². The number of urea groups is 1. The fourth-order valence-corrected chi connectivity index (χ4v) is 3.23. The molecular weight excluding hydrogens is 187 g/mol. The molecule has 3 amide bonds. The summed E-state index contributed by atoms with van der Waals surface area (Å²) in [5.41, 5.74) is -1.23. The summed E-state index contributed by atoms with van der Waals surface area (Å²) in [7, 11) is 0. The molecule has 5 atom stereocenters. The first-order chi connectivity index (χ1) is 6.57. The van der Waals surface area contributed by atoms with E-state index in [1.165, 1.54) is 0 Å². The first-order valence-corrected chi connectivity index (χ1v) is 4.85. The van der Waals surface area contributed by atoms with Gasteiger partial charge in [0.15, 0.2) is 5.54 Å². The molecule has 0 unspecified atom stereocenters. The van der Waals surface area contributed by atoms with Crippen molar-refractivity contribution < 1.29 is 14.0 Å². The molecule has 2 aliphatic carbocycles. The van der Waals surface area contributed by atoms with Crippen molar-refractivity contribution >= 4 is 11.9 Å². The van der Waals surface area contributed by atoms with Gasteiger partial charge in [0, 0.05) is 5.92 Å². The Kier molecular flexibility index (Phi) is 1.23. The van der Waals surface area contributed by atoms with Gasteiger partial charge in [-0.3, -0.25) is 10.1 Å². The predicted molar refractivity (Wildman–Crippen MR) is 45.1 cm³/mol. The average molecular weight is 198 g/mol. The summed E-state index contributed by atoms with van der Waals surface area (Å²) in [6.45, 7) is 2.00. The molecule has 2 N–H and O–H groups in total. The number of fused-ring (bicyclic) bond motifs is 2. The molecule has 0 aromatic rings. The second-order valence-electron chi connectivity index (χ2n) is 4.53. The van der Waals surface area contributed by atoms with E-state index in [9.17, 15) is 14.0 Å². The number of hydrogen-bond acceptors (Lipinski definition) is 2. The van der Waals surface area contributed by atoms with E-state index in [2.05, 4.69) is 10.6 Å². The third-order valence-electron chi connectivity index (χ3n) is 3.98. The molecule has 3 fully saturated rings. The number of alkyl halides is 1. The van der Waals surface area contributed by atoms with Crippen LogP contribution in [0, 0.1) is 17.8 Å². The Balaban J connectivity index is 2.02. The number of carbonyl (C=O) groups excluding carboxylic acids is 2. The Hall–Kier alpha value is -1.13. The monoisotopic (exact) mass is 198 g/mol. The maximum Gasteiger partial charge on any atom is 0.322 e. The van der Waals surface area contributed by atoms with Gasteiger partial charge in [0.1, 0.15) is 6.17 Å². The first-order valence-electron chi connectivity index (χ1n) is 4.85. The van der Waals surface area contributed by atoms with Crippen molar-refractivity contribution in [1.29, 1.82) is 0 Å². The summed E-state index contributed by atoms with van der Waals surface area (Å²) in [6, 6.07) is -0.558. The number of hydrogen-bond donors (Lipinski definition) is 2. The highest BCUT2D eigenvalue weighted by molar-refractivity contribution is 6.08. The molecule has 1 aliphatic heterocycles. The number of halogens is 1. The van der Waals surface area contributed by atoms with Gasteiger partial charge in [-0.1, -0.05) is 6.92 Å². The fourth-order valence-electron chi connectivity index (χ4n) is 3.23. The molecule has 1 heterocycles. The van der Waals surface area contributed by atoms with Gasteiger partial charge in [0.25, 0.3) is 5.91 Å². The largest absolute Gasteiger partial charge is 0.322 e. The molecule has 0 aromatic heterocycles. The summed E-state index contributed by atoms with van der Waals surface area (Å²) in [4.78, 5) is 22.6. The van der Waals surface area contributed by atoms with E-state index in [0.29, 0.717) is 12.3 Å². The van der Waals surface area contributed by atoms with Gasteiger partial charge < -0.3 is 5.32 Å². The second-order valence-corrected chi connectivity index (χ2v) is 4.53. The van der Waals surface area contributed by atoms with Crippen molar-refractivity contribution in [2.24, 2.45) is 17.8 Å². The smallest absolute Gasteiger partial charge is 0.320 e. The molecule has 3 rings (SSSR count). The average Bonchev–Trinajstić information content (AvgIpc) is 2.50. The van der Waals surface area contributed by atoms with Gasteiger partial charge >= 0.3 is 6.03 Å². The summed E-state index contributed by atoms with van der Waals surface area (Å²) >= 11 is 0. The Labute approximate surface area is 80.2 Å². The summed E-state index contributed by atoms with van der Waals surface area (Å²) < 4.78 is 13.7. The summed E-state index contributed by atoms with van der Waals surface area (Å²) in [5, 5.41) is 4.60. The molecule has 2 saturated carbocycles. The third kappa shape index (κ3) is 0.666. The maximum atomic E-state index is 13.7. The highest BCUT2D eigenvalue weighted by Crippen LogP contribution is 2.63. The lowest BCUT2D eigenvalue weighted by molar-refractivity contribution is -0.126. The minimum absolute atomic E-state index is 0.00366. The molecule has 1 spiro atoms. The number of imide groups is 1. The molecule has 14 heavy (non-hydrogen) atoms. The zero-order valence-corrected chi connectivity index (χ0v) is 7.71. The van der Waals surface area contributed by atoms with Gasteiger partial charge in [-0.05, 0) is 18.3 Å². The van der Waals surface area contributed by atoms with E-state index in [1.54, 1.807) is 0 Å². The van der Waals surface area contributed by atoms with Crippen LogP contribution >= 0.6 is 0 Å². The molecule has 0 aromatic carbocycles. The zero-order valence-electron chi connectivity index (χ0n) is 7.71. The molecule has 0 radical (unpaired) electrons. The lowest BCUT2D eigenvalue weighted by Crippen LogP contribution is -2.54. The minimum atomic E-state index is -1.23. The summed E-state index contributed by atoms with van der Waals surface area (Å²) in [6.07, 6.45) is -0.820. The Bertz CT molecular complexity index is 346. The number of carbonyl (C=O) groups is 2. The van der Waals surface area contributed by atoms with Gasteiger partial charge in [0.05, 0.1) is 0 Å². The molecular formula is C9H11FN2O2. The molecule has 3 aliphatic rings. The van der Waals surface area contributed by atoms with Crippen LogP contribution in [0.15, 0.2) is 0 Å². The van der Waals surface area contributed by atoms with Crippen molar-refractivity contribution in [2.75, 3.05) is 0 Å². The van der Waals surface area contributed by atoms with Crippen molar-refractivity contribution in [3.05, 3.63) is 0 Å². The van der Waals surface area contributed by atoms with Crippen LogP contribution in [0.5, 0.6) is 0 Å². The molecule has 1 saturated heterocycles. The normalized spacial score (nSPS) is 54.4. The van der Waals surface area contributed by atoms with Crippen molar-refractivity contribution in [3.8, 4) is 0 Å². The fraction of sp³-hybridized carbons (Fsp3) is 0.778. The Morgan fingerprint density at radius 1 is 1.50 bits per heavy atom. The van der Waals surface area contributed by atoms with Crippen LogP contribution in [0.4, 0.5) is 9.18 Å². The van der Waals surface area contributed by atoms with Crippen molar-refractivity contribution in [3.63, 3.8) is 0 Å². The van der Waals surface area contributed by atoms with Crippen molar-refractivity contribution in [2.45, 2.75) is 25.1 Å². The highest BCUT2D eigenvalue weighted by Gasteiger charge is 2.74. The van der Waals surface area contributed by atoms with Gasteiger partial charge in [-0.2, -0.15) is 0 Å². The lowest BCUT2D eigenvalue weighted by atomic mass is 9.89. The van der Waals surface area contributed by atoms with Crippen LogP contribution < -0.4 is 10.6 Å². The van der Waals surface area contributed by atoms with Crippen LogP contribution in [0.3, 0.4) is 0 Å². The minimum Gasteiger partial charge on any atom is -0.320 e. The Morgan fingerprint density at radius 3 is 2.71 bits per heavy atom. The third-order valence-corrected chi connectivity index (χ3v) is 3.98. The topological polar surface area (TPSA) is 58.2 Å². The van der Waals surface area contributed by atoms with Crippen molar-refractivity contribution in [1.82, 2.24) is 10.6 Å². The van der Waals surface area contributed by atoms with E-state index in [0.717, 1.165) is 0 Å². The van der Waals surface area contributed by atoms with Gasteiger partial charge in [-0.25, -0.2) is 9.18 Å². The molecule has 76 valence electrons. The predicted octanol–water partition coefficient (Wildman–Crippen LogP) is 0.189. The summed E-state index contributed by atoms with van der Waals surface area (Å²) in [5.74, 6) is 0.149. The van der Waals surface area contributed by atoms with Crippen LogP contribution in [-0.2, 0) is 4.79 Å².